The monoisotopic (exact) mass is 398 g/mol. The Balaban J connectivity index is 2.06. The molecule has 8 nitrogen and oxygen atoms in total. The number of rotatable bonds is 7. The highest BCUT2D eigenvalue weighted by molar-refractivity contribution is 5.97. The number of benzene rings is 2. The van der Waals surface area contributed by atoms with E-state index in [0.29, 0.717) is 22.5 Å². The van der Waals surface area contributed by atoms with Gasteiger partial charge in [-0.05, 0) is 36.4 Å². The molecule has 0 unspecified atom stereocenters. The first-order valence-corrected chi connectivity index (χ1v) is 8.80. The normalized spacial score (nSPS) is 10.0. The van der Waals surface area contributed by atoms with Crippen LogP contribution in [0.2, 0.25) is 0 Å². The van der Waals surface area contributed by atoms with Crippen molar-refractivity contribution in [3.05, 3.63) is 59.7 Å². The first-order valence-electron chi connectivity index (χ1n) is 8.80. The standard InChI is InChI=1S/C21H22N2O6/c1-14(24)23(18-9-5-7-16(13-18)21(27)29-3)11-10-19(25)22-17-8-4-6-15(12-17)20(26)28-2/h4-9,12-13H,10-11H2,1-3H3,(H,22,25). The van der Waals surface area contributed by atoms with Crippen molar-refractivity contribution < 1.29 is 28.7 Å². The Kier molecular flexibility index (Phi) is 7.47. The predicted octanol–water partition coefficient (Wildman–Crippen LogP) is 2.64. The average molecular weight is 398 g/mol. The lowest BCUT2D eigenvalue weighted by Crippen LogP contribution is -2.32. The van der Waals surface area contributed by atoms with Crippen LogP contribution >= 0.6 is 0 Å². The number of amides is 2. The summed E-state index contributed by atoms with van der Waals surface area (Å²) < 4.78 is 9.35. The Hall–Kier alpha value is -3.68. The van der Waals surface area contributed by atoms with Gasteiger partial charge in [0, 0.05) is 31.3 Å². The van der Waals surface area contributed by atoms with Crippen molar-refractivity contribution >= 4 is 35.1 Å². The van der Waals surface area contributed by atoms with Crippen LogP contribution in [0.1, 0.15) is 34.1 Å². The summed E-state index contributed by atoms with van der Waals surface area (Å²) in [5.74, 6) is -1.62. The summed E-state index contributed by atoms with van der Waals surface area (Å²) in [5.41, 5.74) is 1.55. The number of esters is 2. The third kappa shape index (κ3) is 5.90. The molecule has 0 radical (unpaired) electrons. The molecule has 0 bridgehead atoms. The molecule has 0 spiro atoms. The van der Waals surface area contributed by atoms with Gasteiger partial charge in [-0.3, -0.25) is 9.59 Å². The zero-order valence-electron chi connectivity index (χ0n) is 16.4. The van der Waals surface area contributed by atoms with Gasteiger partial charge in [-0.1, -0.05) is 12.1 Å². The van der Waals surface area contributed by atoms with Crippen molar-refractivity contribution in [3.63, 3.8) is 0 Å². The highest BCUT2D eigenvalue weighted by Gasteiger charge is 2.16. The summed E-state index contributed by atoms with van der Waals surface area (Å²) in [7, 11) is 2.55. The number of nitrogens with zero attached hydrogens (tertiary/aromatic N) is 1. The fourth-order valence-corrected chi connectivity index (χ4v) is 2.67. The molecule has 0 saturated carbocycles. The van der Waals surface area contributed by atoms with Crippen molar-refractivity contribution in [1.29, 1.82) is 0 Å². The molecular formula is C21H22N2O6. The number of nitrogens with one attached hydrogen (secondary N) is 1. The minimum absolute atomic E-state index is 0.0183. The van der Waals surface area contributed by atoms with E-state index in [1.165, 1.54) is 38.2 Å². The molecule has 2 aromatic rings. The largest absolute Gasteiger partial charge is 0.465 e. The van der Waals surface area contributed by atoms with E-state index in [1.54, 1.807) is 36.4 Å². The summed E-state index contributed by atoms with van der Waals surface area (Å²) in [6.45, 7) is 1.49. The molecule has 2 aromatic carbocycles. The summed E-state index contributed by atoms with van der Waals surface area (Å²) in [4.78, 5) is 49.0. The van der Waals surface area contributed by atoms with Crippen molar-refractivity contribution in [2.24, 2.45) is 0 Å². The van der Waals surface area contributed by atoms with Crippen molar-refractivity contribution in [2.75, 3.05) is 31.0 Å². The minimum atomic E-state index is -0.515. The second kappa shape index (κ2) is 10.0. The topological polar surface area (TPSA) is 102 Å². The van der Waals surface area contributed by atoms with Gasteiger partial charge in [0.1, 0.15) is 0 Å². The number of methoxy groups -OCH3 is 2. The third-order valence-corrected chi connectivity index (χ3v) is 4.09. The molecule has 29 heavy (non-hydrogen) atoms. The molecule has 0 aliphatic heterocycles. The lowest BCUT2D eigenvalue weighted by molar-refractivity contribution is -0.117. The van der Waals surface area contributed by atoms with E-state index in [0.717, 1.165) is 0 Å². The zero-order chi connectivity index (χ0) is 21.4. The van der Waals surface area contributed by atoms with E-state index in [2.05, 4.69) is 10.1 Å². The molecule has 2 amide bonds. The Labute approximate surface area is 168 Å². The van der Waals surface area contributed by atoms with Crippen LogP contribution < -0.4 is 10.2 Å². The van der Waals surface area contributed by atoms with Gasteiger partial charge in [-0.25, -0.2) is 9.59 Å². The first-order chi connectivity index (χ1) is 13.8. The van der Waals surface area contributed by atoms with Crippen LogP contribution in [0.25, 0.3) is 0 Å². The number of carbonyl (C=O) groups is 4. The molecule has 0 aromatic heterocycles. The van der Waals surface area contributed by atoms with Crippen LogP contribution in [0.5, 0.6) is 0 Å². The Morgan fingerprint density at radius 2 is 1.48 bits per heavy atom. The fraction of sp³-hybridized carbons (Fsp3) is 0.238. The van der Waals surface area contributed by atoms with Gasteiger partial charge in [0.15, 0.2) is 0 Å². The Morgan fingerprint density at radius 1 is 0.897 bits per heavy atom. The van der Waals surface area contributed by atoms with E-state index < -0.39 is 11.9 Å². The molecule has 0 saturated heterocycles. The second-order valence-electron chi connectivity index (χ2n) is 6.08. The van der Waals surface area contributed by atoms with Crippen molar-refractivity contribution in [1.82, 2.24) is 0 Å². The highest BCUT2D eigenvalue weighted by atomic mass is 16.5. The number of carbonyl (C=O) groups excluding carboxylic acids is 4. The summed E-state index contributed by atoms with van der Waals surface area (Å²) in [6.07, 6.45) is 0.0183. The number of hydrogen-bond acceptors (Lipinski definition) is 6. The maximum Gasteiger partial charge on any atom is 0.337 e. The van der Waals surface area contributed by atoms with E-state index in [-0.39, 0.29) is 24.8 Å². The Bertz CT molecular complexity index is 925. The number of anilines is 2. The van der Waals surface area contributed by atoms with Crippen LogP contribution in [0.3, 0.4) is 0 Å². The van der Waals surface area contributed by atoms with E-state index >= 15 is 0 Å². The molecule has 1 N–H and O–H groups in total. The van der Waals surface area contributed by atoms with E-state index in [4.69, 9.17) is 4.74 Å². The zero-order valence-corrected chi connectivity index (χ0v) is 16.4. The minimum Gasteiger partial charge on any atom is -0.465 e. The molecule has 2 rings (SSSR count). The molecule has 0 aliphatic rings. The fourth-order valence-electron chi connectivity index (χ4n) is 2.67. The lowest BCUT2D eigenvalue weighted by Gasteiger charge is -2.21. The van der Waals surface area contributed by atoms with Gasteiger partial charge < -0.3 is 19.7 Å². The first kappa shape index (κ1) is 21.6. The molecule has 0 aliphatic carbocycles. The van der Waals surface area contributed by atoms with Gasteiger partial charge >= 0.3 is 11.9 Å². The van der Waals surface area contributed by atoms with Crippen LogP contribution in [-0.2, 0) is 19.1 Å². The average Bonchev–Trinajstić information content (AvgIpc) is 2.72. The third-order valence-electron chi connectivity index (χ3n) is 4.09. The lowest BCUT2D eigenvalue weighted by atomic mass is 10.1. The van der Waals surface area contributed by atoms with Gasteiger partial charge in [-0.15, -0.1) is 0 Å². The maximum atomic E-state index is 12.3. The van der Waals surface area contributed by atoms with Gasteiger partial charge in [-0.2, -0.15) is 0 Å². The number of hydrogen-bond donors (Lipinski definition) is 1. The van der Waals surface area contributed by atoms with E-state index in [1.807, 2.05) is 0 Å². The quantitative estimate of drug-likeness (QED) is 0.720. The molecule has 0 fully saturated rings. The SMILES string of the molecule is COC(=O)c1cccc(NC(=O)CCN(C(C)=O)c2cccc(C(=O)OC)c2)c1. The smallest absolute Gasteiger partial charge is 0.337 e. The molecule has 0 heterocycles. The summed E-state index contributed by atoms with van der Waals surface area (Å²) in [6, 6.07) is 12.8. The van der Waals surface area contributed by atoms with Gasteiger partial charge in [0.2, 0.25) is 11.8 Å². The summed E-state index contributed by atoms with van der Waals surface area (Å²) in [5, 5.41) is 2.69. The molecule has 152 valence electrons. The van der Waals surface area contributed by atoms with Crippen LogP contribution in [0.15, 0.2) is 48.5 Å². The van der Waals surface area contributed by atoms with Crippen LogP contribution in [0, 0.1) is 0 Å². The summed E-state index contributed by atoms with van der Waals surface area (Å²) >= 11 is 0. The second-order valence-corrected chi connectivity index (χ2v) is 6.08. The molecule has 8 heteroatoms. The Morgan fingerprint density at radius 3 is 2.07 bits per heavy atom. The highest BCUT2D eigenvalue weighted by Crippen LogP contribution is 2.18. The predicted molar refractivity (Wildman–Crippen MR) is 107 cm³/mol. The molecule has 0 atom stereocenters. The van der Waals surface area contributed by atoms with Crippen molar-refractivity contribution in [2.45, 2.75) is 13.3 Å². The number of ether oxygens (including phenoxy) is 2. The van der Waals surface area contributed by atoms with Crippen molar-refractivity contribution in [3.8, 4) is 0 Å². The van der Waals surface area contributed by atoms with Gasteiger partial charge in [0.05, 0.1) is 25.3 Å². The van der Waals surface area contributed by atoms with Crippen LogP contribution in [0.4, 0.5) is 11.4 Å². The maximum absolute atomic E-state index is 12.3. The van der Waals surface area contributed by atoms with Gasteiger partial charge in [0.25, 0.3) is 0 Å². The van der Waals surface area contributed by atoms with E-state index in [9.17, 15) is 19.2 Å². The molecular weight excluding hydrogens is 376 g/mol. The van der Waals surface area contributed by atoms with Crippen LogP contribution in [-0.4, -0.2) is 44.5 Å².